The monoisotopic (exact) mass is 400 g/mol. The predicted octanol–water partition coefficient (Wildman–Crippen LogP) is 4.90. The molecule has 0 bridgehead atoms. The number of allylic oxidation sites excluding steroid dienone is 2. The summed E-state index contributed by atoms with van der Waals surface area (Å²) in [6.07, 6.45) is 9.94. The summed E-state index contributed by atoms with van der Waals surface area (Å²) in [4.78, 5) is 37.3. The zero-order chi connectivity index (χ0) is 21.0. The van der Waals surface area contributed by atoms with Crippen molar-refractivity contribution in [1.82, 2.24) is 0 Å². The summed E-state index contributed by atoms with van der Waals surface area (Å²) in [5.41, 5.74) is 1.09. The molecule has 0 aromatic carbocycles. The van der Waals surface area contributed by atoms with Gasteiger partial charge < -0.3 is 4.74 Å². The molecule has 0 unspecified atom stereocenters. The van der Waals surface area contributed by atoms with Gasteiger partial charge in [-0.25, -0.2) is 0 Å². The van der Waals surface area contributed by atoms with E-state index in [1.807, 2.05) is 6.08 Å². The van der Waals surface area contributed by atoms with Crippen molar-refractivity contribution in [2.45, 2.75) is 78.6 Å². The van der Waals surface area contributed by atoms with Gasteiger partial charge in [-0.15, -0.1) is 0 Å². The van der Waals surface area contributed by atoms with Gasteiger partial charge in [0.25, 0.3) is 0 Å². The number of esters is 1. The zero-order valence-electron chi connectivity index (χ0n) is 18.5. The second-order valence-electron chi connectivity index (χ2n) is 10.7. The molecule has 3 saturated carbocycles. The quantitative estimate of drug-likeness (QED) is 0.630. The van der Waals surface area contributed by atoms with Crippen LogP contribution in [-0.4, -0.2) is 24.6 Å². The summed E-state index contributed by atoms with van der Waals surface area (Å²) >= 11 is 0. The van der Waals surface area contributed by atoms with E-state index >= 15 is 0 Å². The number of carbonyl (C=O) groups is 3. The minimum absolute atomic E-state index is 0.0302. The van der Waals surface area contributed by atoms with E-state index in [-0.39, 0.29) is 16.8 Å². The highest BCUT2D eigenvalue weighted by Crippen LogP contribution is 2.65. The Morgan fingerprint density at radius 2 is 1.97 bits per heavy atom. The molecule has 0 aliphatic heterocycles. The lowest BCUT2D eigenvalue weighted by Gasteiger charge is -2.55. The van der Waals surface area contributed by atoms with Gasteiger partial charge in [-0.05, 0) is 79.6 Å². The van der Waals surface area contributed by atoms with Crippen LogP contribution in [0.5, 0.6) is 0 Å². The summed E-state index contributed by atoms with van der Waals surface area (Å²) in [6.45, 7) is 6.74. The predicted molar refractivity (Wildman–Crippen MR) is 111 cm³/mol. The van der Waals surface area contributed by atoms with E-state index in [1.54, 1.807) is 0 Å². The van der Waals surface area contributed by atoms with Crippen LogP contribution in [0.25, 0.3) is 0 Å². The van der Waals surface area contributed by atoms with Crippen LogP contribution in [0.15, 0.2) is 11.6 Å². The summed E-state index contributed by atoms with van der Waals surface area (Å²) in [6, 6.07) is 0. The molecule has 29 heavy (non-hydrogen) atoms. The van der Waals surface area contributed by atoms with Crippen molar-refractivity contribution in [2.75, 3.05) is 7.11 Å². The molecule has 0 radical (unpaired) electrons. The Morgan fingerprint density at radius 3 is 2.69 bits per heavy atom. The maximum atomic E-state index is 13.6. The smallest absolute Gasteiger partial charge is 0.305 e. The van der Waals surface area contributed by atoms with E-state index < -0.39 is 0 Å². The normalized spacial score (nSPS) is 42.4. The fourth-order valence-electron chi connectivity index (χ4n) is 7.70. The number of rotatable bonds is 4. The molecule has 4 nitrogen and oxygen atoms in total. The molecule has 4 rings (SSSR count). The average Bonchev–Trinajstić information content (AvgIpc) is 3.06. The Bertz CT molecular complexity index is 752. The first-order chi connectivity index (χ1) is 13.7. The highest BCUT2D eigenvalue weighted by molar-refractivity contribution is 5.97. The number of hydrogen-bond acceptors (Lipinski definition) is 4. The molecule has 0 aromatic heterocycles. The molecule has 0 saturated heterocycles. The second kappa shape index (κ2) is 7.35. The Labute approximate surface area is 174 Å². The van der Waals surface area contributed by atoms with Crippen molar-refractivity contribution >= 4 is 17.5 Å². The van der Waals surface area contributed by atoms with E-state index in [2.05, 4.69) is 20.8 Å². The molecule has 3 fully saturated rings. The molecule has 0 aromatic rings. The Kier molecular flexibility index (Phi) is 5.28. The molecule has 7 atom stereocenters. The lowest BCUT2D eigenvalue weighted by atomic mass is 9.48. The molecule has 4 heteroatoms. The highest BCUT2D eigenvalue weighted by Gasteiger charge is 2.61. The third kappa shape index (κ3) is 3.13. The fraction of sp³-hybridized carbons (Fsp3) is 0.800. The van der Waals surface area contributed by atoms with Crippen LogP contribution >= 0.6 is 0 Å². The zero-order valence-corrected chi connectivity index (χ0v) is 18.5. The molecule has 0 N–H and O–H groups in total. The average molecular weight is 401 g/mol. The lowest BCUT2D eigenvalue weighted by Crippen LogP contribution is -2.51. The van der Waals surface area contributed by atoms with E-state index in [9.17, 15) is 14.4 Å². The van der Waals surface area contributed by atoms with Crippen LogP contribution < -0.4 is 0 Å². The van der Waals surface area contributed by atoms with Gasteiger partial charge in [0.2, 0.25) is 0 Å². The van der Waals surface area contributed by atoms with Crippen LogP contribution in [0.1, 0.15) is 78.6 Å². The highest BCUT2D eigenvalue weighted by atomic mass is 16.5. The van der Waals surface area contributed by atoms with Crippen LogP contribution in [0.3, 0.4) is 0 Å². The van der Waals surface area contributed by atoms with Crippen molar-refractivity contribution in [3.63, 3.8) is 0 Å². The first-order valence-electron chi connectivity index (χ1n) is 11.6. The standard InChI is InChI=1S/C25H36O4/c1-15(5-10-23(28)29-4)19-8-9-20-18-7-6-16-13-17(26)11-12-24(16,2)21(18)14-22(27)25(19,20)3/h14-16,18-20H,5-13H2,1-4H3/t15-,16+,18-,19-,20+,24-,25+/m0/s1. The van der Waals surface area contributed by atoms with Crippen molar-refractivity contribution in [3.05, 3.63) is 11.6 Å². The van der Waals surface area contributed by atoms with Gasteiger partial charge >= 0.3 is 5.97 Å². The topological polar surface area (TPSA) is 60.4 Å². The van der Waals surface area contributed by atoms with E-state index in [0.29, 0.717) is 60.4 Å². The van der Waals surface area contributed by atoms with Crippen LogP contribution in [0.4, 0.5) is 0 Å². The summed E-state index contributed by atoms with van der Waals surface area (Å²) in [5, 5.41) is 0. The molecule has 0 heterocycles. The number of hydrogen-bond donors (Lipinski definition) is 0. The number of Topliss-reactive ketones (excluding diaryl/α,β-unsaturated/α-hetero) is 1. The summed E-state index contributed by atoms with van der Waals surface area (Å²) < 4.78 is 4.82. The van der Waals surface area contributed by atoms with Crippen molar-refractivity contribution < 1.29 is 19.1 Å². The number of ketones is 2. The van der Waals surface area contributed by atoms with Crippen molar-refractivity contribution in [2.24, 2.45) is 40.4 Å². The van der Waals surface area contributed by atoms with E-state index in [1.165, 1.54) is 12.7 Å². The number of methoxy groups -OCH3 is 1. The molecule has 4 aliphatic carbocycles. The van der Waals surface area contributed by atoms with E-state index in [4.69, 9.17) is 4.74 Å². The number of ether oxygens (including phenoxy) is 1. The molecule has 0 amide bonds. The van der Waals surface area contributed by atoms with Crippen LogP contribution in [0, 0.1) is 40.4 Å². The summed E-state index contributed by atoms with van der Waals surface area (Å²) in [7, 11) is 1.44. The van der Waals surface area contributed by atoms with E-state index in [0.717, 1.165) is 38.5 Å². The first kappa shape index (κ1) is 20.8. The van der Waals surface area contributed by atoms with Crippen LogP contribution in [0.2, 0.25) is 0 Å². The minimum atomic E-state index is -0.308. The minimum Gasteiger partial charge on any atom is -0.469 e. The molecular formula is C25H36O4. The first-order valence-corrected chi connectivity index (χ1v) is 11.6. The Morgan fingerprint density at radius 1 is 1.21 bits per heavy atom. The molecule has 4 aliphatic rings. The van der Waals surface area contributed by atoms with Crippen molar-refractivity contribution in [3.8, 4) is 0 Å². The maximum absolute atomic E-state index is 13.6. The van der Waals surface area contributed by atoms with Gasteiger partial charge in [0, 0.05) is 24.7 Å². The molecular weight excluding hydrogens is 364 g/mol. The third-order valence-corrected chi connectivity index (χ3v) is 9.53. The van der Waals surface area contributed by atoms with Gasteiger partial charge in [-0.2, -0.15) is 0 Å². The SMILES string of the molecule is COC(=O)CC[C@H](C)[C@@H]1CC[C@@H]2[C@@H]3CC[C@@H]4CC(=O)CC[C@]4(C)C3=CC(=O)[C@@]21C. The largest absolute Gasteiger partial charge is 0.469 e. The Balaban J connectivity index is 1.61. The second-order valence-corrected chi connectivity index (χ2v) is 10.7. The van der Waals surface area contributed by atoms with Gasteiger partial charge in [-0.1, -0.05) is 26.3 Å². The maximum Gasteiger partial charge on any atom is 0.305 e. The van der Waals surface area contributed by atoms with Gasteiger partial charge in [0.05, 0.1) is 7.11 Å². The molecule has 160 valence electrons. The fourth-order valence-corrected chi connectivity index (χ4v) is 7.70. The lowest BCUT2D eigenvalue weighted by molar-refractivity contribution is -0.141. The Hall–Kier alpha value is -1.45. The van der Waals surface area contributed by atoms with Gasteiger partial charge in [0.15, 0.2) is 5.78 Å². The van der Waals surface area contributed by atoms with Crippen molar-refractivity contribution in [1.29, 1.82) is 0 Å². The molecule has 0 spiro atoms. The third-order valence-electron chi connectivity index (χ3n) is 9.53. The van der Waals surface area contributed by atoms with Gasteiger partial charge in [0.1, 0.15) is 5.78 Å². The summed E-state index contributed by atoms with van der Waals surface area (Å²) in [5.74, 6) is 2.54. The van der Waals surface area contributed by atoms with Crippen LogP contribution in [-0.2, 0) is 19.1 Å². The van der Waals surface area contributed by atoms with Gasteiger partial charge in [-0.3, -0.25) is 14.4 Å². The number of fused-ring (bicyclic) bond motifs is 5. The number of carbonyl (C=O) groups excluding carboxylic acids is 3.